The highest BCUT2D eigenvalue weighted by molar-refractivity contribution is 6.01. The van der Waals surface area contributed by atoms with Gasteiger partial charge in [-0.2, -0.15) is 0 Å². The first-order valence-electron chi connectivity index (χ1n) is 8.53. The molecule has 0 spiro atoms. The van der Waals surface area contributed by atoms with Crippen molar-refractivity contribution in [3.63, 3.8) is 0 Å². The first kappa shape index (κ1) is 16.2. The number of carbonyl (C=O) groups excluding carboxylic acids is 2. The number of benzene rings is 1. The number of carbonyl (C=O) groups is 2. The SMILES string of the molecule is CC(C)c1cc2c(cc1O)[C@@]1(C)CCC(=O)C(C)(C)[C@@H]1CC2=O. The van der Waals surface area contributed by atoms with Gasteiger partial charge in [0.15, 0.2) is 5.78 Å². The molecule has 0 aliphatic heterocycles. The largest absolute Gasteiger partial charge is 0.508 e. The predicted octanol–water partition coefficient (Wildman–Crippen LogP) is 4.37. The number of fused-ring (bicyclic) bond motifs is 3. The summed E-state index contributed by atoms with van der Waals surface area (Å²) in [6.07, 6.45) is 1.71. The molecule has 0 bridgehead atoms. The summed E-state index contributed by atoms with van der Waals surface area (Å²) < 4.78 is 0. The molecule has 0 unspecified atom stereocenters. The lowest BCUT2D eigenvalue weighted by atomic mass is 9.49. The van der Waals surface area contributed by atoms with Crippen molar-refractivity contribution in [2.24, 2.45) is 11.3 Å². The number of aromatic hydroxyl groups is 1. The normalized spacial score (nSPS) is 29.4. The molecule has 2 aliphatic carbocycles. The van der Waals surface area contributed by atoms with Crippen LogP contribution in [0.15, 0.2) is 12.1 Å². The van der Waals surface area contributed by atoms with Crippen molar-refractivity contribution in [3.8, 4) is 5.75 Å². The van der Waals surface area contributed by atoms with Crippen LogP contribution in [-0.2, 0) is 10.2 Å². The average molecular weight is 314 g/mol. The smallest absolute Gasteiger partial charge is 0.163 e. The van der Waals surface area contributed by atoms with Gasteiger partial charge in [-0.15, -0.1) is 0 Å². The molecule has 23 heavy (non-hydrogen) atoms. The van der Waals surface area contributed by atoms with Gasteiger partial charge in [0.25, 0.3) is 0 Å². The molecule has 124 valence electrons. The highest BCUT2D eigenvalue weighted by Gasteiger charge is 2.55. The van der Waals surface area contributed by atoms with E-state index >= 15 is 0 Å². The fraction of sp³-hybridized carbons (Fsp3) is 0.600. The molecule has 1 aromatic carbocycles. The van der Waals surface area contributed by atoms with Gasteiger partial charge in [-0.1, -0.05) is 34.6 Å². The summed E-state index contributed by atoms with van der Waals surface area (Å²) in [5.74, 6) is 0.790. The highest BCUT2D eigenvalue weighted by Crippen LogP contribution is 2.56. The molecule has 0 saturated heterocycles. The summed E-state index contributed by atoms with van der Waals surface area (Å²) in [6.45, 7) is 10.1. The van der Waals surface area contributed by atoms with Gasteiger partial charge in [0.1, 0.15) is 11.5 Å². The van der Waals surface area contributed by atoms with E-state index in [2.05, 4.69) is 6.92 Å². The van der Waals surface area contributed by atoms with Crippen molar-refractivity contribution in [2.45, 2.75) is 65.2 Å². The van der Waals surface area contributed by atoms with Crippen LogP contribution in [-0.4, -0.2) is 16.7 Å². The lowest BCUT2D eigenvalue weighted by molar-refractivity contribution is -0.136. The van der Waals surface area contributed by atoms with Crippen LogP contribution in [0.1, 0.15) is 81.3 Å². The van der Waals surface area contributed by atoms with E-state index in [0.717, 1.165) is 23.1 Å². The average Bonchev–Trinajstić information content (AvgIpc) is 2.46. The van der Waals surface area contributed by atoms with Crippen LogP contribution in [0.3, 0.4) is 0 Å². The minimum atomic E-state index is -0.493. The number of ketones is 2. The Balaban J connectivity index is 2.22. The monoisotopic (exact) mass is 314 g/mol. The number of phenolic OH excluding ortho intramolecular Hbond substituents is 1. The van der Waals surface area contributed by atoms with Gasteiger partial charge in [-0.25, -0.2) is 0 Å². The van der Waals surface area contributed by atoms with Gasteiger partial charge in [-0.3, -0.25) is 9.59 Å². The molecule has 0 heterocycles. The molecule has 3 nitrogen and oxygen atoms in total. The van der Waals surface area contributed by atoms with Crippen molar-refractivity contribution >= 4 is 11.6 Å². The maximum atomic E-state index is 12.8. The van der Waals surface area contributed by atoms with E-state index in [-0.39, 0.29) is 34.6 Å². The van der Waals surface area contributed by atoms with Crippen LogP contribution < -0.4 is 0 Å². The lowest BCUT2D eigenvalue weighted by Gasteiger charge is -2.52. The second-order valence-electron chi connectivity index (χ2n) is 8.35. The van der Waals surface area contributed by atoms with Crippen LogP contribution in [0.2, 0.25) is 0 Å². The standard InChI is InChI=1S/C20H26O3/c1-11(2)12-8-13-14(9-15(12)21)20(5)7-6-18(23)19(3,4)17(20)10-16(13)22/h8-9,11,17,21H,6-7,10H2,1-5H3/t17-,20+/m0/s1. The third-order valence-electron chi connectivity index (χ3n) is 6.32. The molecule has 3 rings (SSSR count). The van der Waals surface area contributed by atoms with Crippen molar-refractivity contribution in [3.05, 3.63) is 28.8 Å². The molecule has 1 fully saturated rings. The summed E-state index contributed by atoms with van der Waals surface area (Å²) in [7, 11) is 0. The molecule has 1 aromatic rings. The van der Waals surface area contributed by atoms with Crippen molar-refractivity contribution in [1.29, 1.82) is 0 Å². The molecule has 1 N–H and O–H groups in total. The van der Waals surface area contributed by atoms with Crippen molar-refractivity contribution in [2.75, 3.05) is 0 Å². The van der Waals surface area contributed by atoms with E-state index in [9.17, 15) is 14.7 Å². The third kappa shape index (κ3) is 2.16. The fourth-order valence-electron chi connectivity index (χ4n) is 4.73. The topological polar surface area (TPSA) is 54.4 Å². The number of hydrogen-bond acceptors (Lipinski definition) is 3. The summed E-state index contributed by atoms with van der Waals surface area (Å²) in [5.41, 5.74) is 1.78. The Morgan fingerprint density at radius 2 is 1.83 bits per heavy atom. The number of hydrogen-bond donors (Lipinski definition) is 1. The Hall–Kier alpha value is -1.64. The van der Waals surface area contributed by atoms with Crippen molar-refractivity contribution in [1.82, 2.24) is 0 Å². The van der Waals surface area contributed by atoms with E-state index < -0.39 is 5.41 Å². The Labute approximate surface area is 138 Å². The maximum Gasteiger partial charge on any atom is 0.163 e. The summed E-state index contributed by atoms with van der Waals surface area (Å²) in [6, 6.07) is 3.67. The van der Waals surface area contributed by atoms with Crippen LogP contribution in [0.5, 0.6) is 5.75 Å². The van der Waals surface area contributed by atoms with E-state index in [4.69, 9.17) is 0 Å². The third-order valence-corrected chi connectivity index (χ3v) is 6.32. The summed E-state index contributed by atoms with van der Waals surface area (Å²) >= 11 is 0. The minimum absolute atomic E-state index is 0.000509. The zero-order chi connectivity index (χ0) is 17.2. The van der Waals surface area contributed by atoms with Gasteiger partial charge in [-0.05, 0) is 46.9 Å². The molecule has 2 aliphatic rings. The quantitative estimate of drug-likeness (QED) is 0.837. The van der Waals surface area contributed by atoms with Crippen LogP contribution >= 0.6 is 0 Å². The molecule has 0 radical (unpaired) electrons. The molecule has 1 saturated carbocycles. The number of phenols is 1. The van der Waals surface area contributed by atoms with Gasteiger partial charge in [0.05, 0.1) is 0 Å². The first-order chi connectivity index (χ1) is 10.6. The van der Waals surface area contributed by atoms with Gasteiger partial charge < -0.3 is 5.11 Å². The Morgan fingerprint density at radius 1 is 1.17 bits per heavy atom. The molecular formula is C20H26O3. The van der Waals surface area contributed by atoms with E-state index in [1.165, 1.54) is 0 Å². The Kier molecular flexibility index (Phi) is 3.48. The van der Waals surface area contributed by atoms with E-state index in [0.29, 0.717) is 12.8 Å². The van der Waals surface area contributed by atoms with Gasteiger partial charge in [0, 0.05) is 23.8 Å². The molecule has 0 amide bonds. The zero-order valence-corrected chi connectivity index (χ0v) is 14.7. The lowest BCUT2D eigenvalue weighted by Crippen LogP contribution is -2.53. The maximum absolute atomic E-state index is 12.8. The van der Waals surface area contributed by atoms with Gasteiger partial charge in [0.2, 0.25) is 0 Å². The van der Waals surface area contributed by atoms with Crippen LogP contribution in [0.4, 0.5) is 0 Å². The van der Waals surface area contributed by atoms with Crippen molar-refractivity contribution < 1.29 is 14.7 Å². The zero-order valence-electron chi connectivity index (χ0n) is 14.7. The minimum Gasteiger partial charge on any atom is -0.508 e. The second kappa shape index (κ2) is 4.93. The molecule has 0 aromatic heterocycles. The van der Waals surface area contributed by atoms with E-state index in [1.54, 1.807) is 6.07 Å². The second-order valence-corrected chi connectivity index (χ2v) is 8.35. The fourth-order valence-corrected chi connectivity index (χ4v) is 4.73. The van der Waals surface area contributed by atoms with Gasteiger partial charge >= 0.3 is 0 Å². The Morgan fingerprint density at radius 3 is 2.43 bits per heavy atom. The predicted molar refractivity (Wildman–Crippen MR) is 90.0 cm³/mol. The summed E-state index contributed by atoms with van der Waals surface area (Å²) in [5, 5.41) is 10.4. The van der Waals surface area contributed by atoms with Crippen LogP contribution in [0.25, 0.3) is 0 Å². The Bertz CT molecular complexity index is 699. The highest BCUT2D eigenvalue weighted by atomic mass is 16.3. The number of rotatable bonds is 1. The molecule has 3 heteroatoms. The first-order valence-corrected chi connectivity index (χ1v) is 8.53. The summed E-state index contributed by atoms with van der Waals surface area (Å²) in [4.78, 5) is 25.2. The van der Waals surface area contributed by atoms with E-state index in [1.807, 2.05) is 33.8 Å². The van der Waals surface area contributed by atoms with Crippen LogP contribution in [0, 0.1) is 11.3 Å². The number of Topliss-reactive ketones (excluding diaryl/α,β-unsaturated/α-hetero) is 2. The molecular weight excluding hydrogens is 288 g/mol. The molecule has 2 atom stereocenters.